The van der Waals surface area contributed by atoms with Gasteiger partial charge in [-0.2, -0.15) is 0 Å². The maximum atomic E-state index is 13.2. The van der Waals surface area contributed by atoms with Crippen molar-refractivity contribution in [2.45, 2.75) is 39.2 Å². The minimum absolute atomic E-state index is 0. The van der Waals surface area contributed by atoms with Crippen LogP contribution in [0.5, 0.6) is 0 Å². The summed E-state index contributed by atoms with van der Waals surface area (Å²) in [6, 6.07) is 6.80. The number of likely N-dealkylation sites (tertiary alicyclic amines) is 1. The summed E-state index contributed by atoms with van der Waals surface area (Å²) < 4.78 is 0. The number of nitrogens with zero attached hydrogens (tertiary/aromatic N) is 3. The van der Waals surface area contributed by atoms with Crippen LogP contribution >= 0.6 is 12.4 Å². The molecule has 2 aliphatic heterocycles. The van der Waals surface area contributed by atoms with Crippen LogP contribution in [0.2, 0.25) is 0 Å². The van der Waals surface area contributed by atoms with Crippen molar-refractivity contribution < 1.29 is 19.2 Å². The molecule has 0 spiro atoms. The maximum absolute atomic E-state index is 13.2. The molecule has 9 heteroatoms. The number of nitrogens with one attached hydrogen (secondary N) is 1. The van der Waals surface area contributed by atoms with Crippen molar-refractivity contribution in [1.29, 1.82) is 0 Å². The van der Waals surface area contributed by atoms with E-state index >= 15 is 0 Å². The van der Waals surface area contributed by atoms with Crippen LogP contribution in [0.25, 0.3) is 0 Å². The van der Waals surface area contributed by atoms with Crippen molar-refractivity contribution in [1.82, 2.24) is 20.0 Å². The van der Waals surface area contributed by atoms with Gasteiger partial charge in [0.15, 0.2) is 0 Å². The fourth-order valence-corrected chi connectivity index (χ4v) is 4.28. The van der Waals surface area contributed by atoms with E-state index in [1.165, 1.54) is 6.92 Å². The third-order valence-corrected chi connectivity index (χ3v) is 5.81. The average molecular weight is 451 g/mol. The zero-order chi connectivity index (χ0) is 21.7. The Bertz CT molecular complexity index is 825. The first-order valence-corrected chi connectivity index (χ1v) is 10.5. The van der Waals surface area contributed by atoms with Crippen LogP contribution in [0, 0.1) is 0 Å². The molecular weight excluding hydrogens is 420 g/mol. The molecule has 2 heterocycles. The molecule has 0 radical (unpaired) electrons. The minimum atomic E-state index is -0.499. The Morgan fingerprint density at radius 2 is 1.68 bits per heavy atom. The Labute approximate surface area is 189 Å². The van der Waals surface area contributed by atoms with Crippen molar-refractivity contribution >= 4 is 36.0 Å². The molecule has 2 saturated heterocycles. The summed E-state index contributed by atoms with van der Waals surface area (Å²) in [5, 5.41) is 2.27. The SMILES string of the molecule is CC(=O)NC(=O)c1ccccc1CC(=O)N1CCN(C(C)=O)CC1CN1CCCC1.Cl. The van der Waals surface area contributed by atoms with Gasteiger partial charge in [-0.15, -0.1) is 12.4 Å². The Morgan fingerprint density at radius 1 is 1.00 bits per heavy atom. The molecule has 170 valence electrons. The van der Waals surface area contributed by atoms with E-state index in [9.17, 15) is 19.2 Å². The van der Waals surface area contributed by atoms with E-state index in [2.05, 4.69) is 10.2 Å². The summed E-state index contributed by atoms with van der Waals surface area (Å²) >= 11 is 0. The number of benzene rings is 1. The highest BCUT2D eigenvalue weighted by molar-refractivity contribution is 6.05. The van der Waals surface area contributed by atoms with Crippen LogP contribution < -0.4 is 5.32 Å². The summed E-state index contributed by atoms with van der Waals surface area (Å²) in [6.07, 6.45) is 2.41. The van der Waals surface area contributed by atoms with Crippen molar-refractivity contribution in [2.24, 2.45) is 0 Å². The lowest BCUT2D eigenvalue weighted by atomic mass is 10.0. The van der Waals surface area contributed by atoms with Crippen molar-refractivity contribution in [3.05, 3.63) is 35.4 Å². The highest BCUT2D eigenvalue weighted by atomic mass is 35.5. The molecule has 0 saturated carbocycles. The summed E-state index contributed by atoms with van der Waals surface area (Å²) in [4.78, 5) is 54.7. The van der Waals surface area contributed by atoms with Gasteiger partial charge in [-0.05, 0) is 37.6 Å². The number of carbonyl (C=O) groups excluding carboxylic acids is 4. The lowest BCUT2D eigenvalue weighted by Gasteiger charge is -2.42. The van der Waals surface area contributed by atoms with Crippen LogP contribution in [0.4, 0.5) is 0 Å². The molecule has 1 aromatic rings. The van der Waals surface area contributed by atoms with E-state index in [0.717, 1.165) is 32.5 Å². The Balaban J connectivity index is 0.00000341. The number of imide groups is 1. The van der Waals surface area contributed by atoms with E-state index in [1.807, 2.05) is 4.90 Å². The van der Waals surface area contributed by atoms with Crippen LogP contribution in [0.3, 0.4) is 0 Å². The normalized spacial score (nSPS) is 19.0. The maximum Gasteiger partial charge on any atom is 0.258 e. The number of carbonyl (C=O) groups is 4. The minimum Gasteiger partial charge on any atom is -0.339 e. The average Bonchev–Trinajstić information content (AvgIpc) is 3.20. The highest BCUT2D eigenvalue weighted by Gasteiger charge is 2.33. The second-order valence-electron chi connectivity index (χ2n) is 8.06. The smallest absolute Gasteiger partial charge is 0.258 e. The van der Waals surface area contributed by atoms with Crippen LogP contribution in [-0.4, -0.2) is 83.6 Å². The molecular formula is C22H31ClN4O4. The molecule has 0 bridgehead atoms. The predicted octanol–water partition coefficient (Wildman–Crippen LogP) is 1.08. The number of hydrogen-bond donors (Lipinski definition) is 1. The van der Waals surface area contributed by atoms with E-state index in [-0.39, 0.29) is 36.7 Å². The van der Waals surface area contributed by atoms with Gasteiger partial charge in [0.25, 0.3) is 5.91 Å². The zero-order valence-corrected chi connectivity index (χ0v) is 19.0. The van der Waals surface area contributed by atoms with Gasteiger partial charge in [0.2, 0.25) is 17.7 Å². The topological polar surface area (TPSA) is 90.0 Å². The largest absolute Gasteiger partial charge is 0.339 e. The fraction of sp³-hybridized carbons (Fsp3) is 0.545. The van der Waals surface area contributed by atoms with Crippen LogP contribution in [-0.2, 0) is 20.8 Å². The Morgan fingerprint density at radius 3 is 2.32 bits per heavy atom. The van der Waals surface area contributed by atoms with Crippen molar-refractivity contribution in [3.8, 4) is 0 Å². The second kappa shape index (κ2) is 11.2. The van der Waals surface area contributed by atoms with Crippen molar-refractivity contribution in [3.63, 3.8) is 0 Å². The van der Waals surface area contributed by atoms with E-state index < -0.39 is 11.8 Å². The molecule has 4 amide bonds. The fourth-order valence-electron chi connectivity index (χ4n) is 4.28. The van der Waals surface area contributed by atoms with Gasteiger partial charge in [0, 0.05) is 45.6 Å². The van der Waals surface area contributed by atoms with Gasteiger partial charge >= 0.3 is 0 Å². The molecule has 3 rings (SSSR count). The van der Waals surface area contributed by atoms with Crippen LogP contribution in [0.15, 0.2) is 24.3 Å². The Kier molecular flexibility index (Phi) is 9.00. The highest BCUT2D eigenvalue weighted by Crippen LogP contribution is 2.18. The quantitative estimate of drug-likeness (QED) is 0.725. The number of piperazine rings is 1. The molecule has 2 aliphatic rings. The third kappa shape index (κ3) is 6.51. The summed E-state index contributed by atoms with van der Waals surface area (Å²) in [5.41, 5.74) is 0.926. The molecule has 31 heavy (non-hydrogen) atoms. The lowest BCUT2D eigenvalue weighted by molar-refractivity contribution is -0.142. The molecule has 1 atom stereocenters. The first-order chi connectivity index (χ1) is 14.3. The van der Waals surface area contributed by atoms with E-state index in [0.29, 0.717) is 30.8 Å². The number of amides is 4. The van der Waals surface area contributed by atoms with Gasteiger partial charge in [0.1, 0.15) is 0 Å². The molecule has 0 aliphatic carbocycles. The molecule has 2 fully saturated rings. The molecule has 8 nitrogen and oxygen atoms in total. The molecule has 1 aromatic carbocycles. The number of hydrogen-bond acceptors (Lipinski definition) is 5. The van der Waals surface area contributed by atoms with Crippen LogP contribution in [0.1, 0.15) is 42.6 Å². The van der Waals surface area contributed by atoms with Gasteiger partial charge in [-0.1, -0.05) is 18.2 Å². The summed E-state index contributed by atoms with van der Waals surface area (Å²) in [6.45, 7) is 7.17. The van der Waals surface area contributed by atoms with Gasteiger partial charge in [0.05, 0.1) is 12.5 Å². The summed E-state index contributed by atoms with van der Waals surface area (Å²) in [7, 11) is 0. The number of rotatable bonds is 5. The first kappa shape index (κ1) is 24.8. The Hall–Kier alpha value is -2.45. The van der Waals surface area contributed by atoms with Gasteiger partial charge in [-0.25, -0.2) is 0 Å². The summed E-state index contributed by atoms with van der Waals surface area (Å²) in [5.74, 6) is -0.974. The van der Waals surface area contributed by atoms with Gasteiger partial charge in [-0.3, -0.25) is 24.5 Å². The molecule has 0 aromatic heterocycles. The third-order valence-electron chi connectivity index (χ3n) is 5.81. The molecule has 1 unspecified atom stereocenters. The molecule has 1 N–H and O–H groups in total. The van der Waals surface area contributed by atoms with Crippen molar-refractivity contribution in [2.75, 3.05) is 39.3 Å². The monoisotopic (exact) mass is 450 g/mol. The van der Waals surface area contributed by atoms with E-state index in [4.69, 9.17) is 0 Å². The van der Waals surface area contributed by atoms with E-state index in [1.54, 1.807) is 36.1 Å². The standard InChI is InChI=1S/C22H30N4O4.ClH/c1-16(27)23-22(30)20-8-4-3-7-18(20)13-21(29)26-12-11-25(17(2)28)15-19(26)14-24-9-5-6-10-24;/h3-4,7-8,19H,5-6,9-15H2,1-2H3,(H,23,27,30);1H. The lowest BCUT2D eigenvalue weighted by Crippen LogP contribution is -2.59. The zero-order valence-electron chi connectivity index (χ0n) is 18.1. The predicted molar refractivity (Wildman–Crippen MR) is 119 cm³/mol. The van der Waals surface area contributed by atoms with Gasteiger partial charge < -0.3 is 14.7 Å². The first-order valence-electron chi connectivity index (χ1n) is 10.5. The number of halogens is 1. The second-order valence-corrected chi connectivity index (χ2v) is 8.06.